The Morgan fingerprint density at radius 3 is 2.41 bits per heavy atom. The Morgan fingerprint density at radius 2 is 1.78 bits per heavy atom. The number of carbonyl (C=O) groups excluding carboxylic acids is 1. The molecule has 2 N–H and O–H groups in total. The van der Waals surface area contributed by atoms with Crippen molar-refractivity contribution in [2.45, 2.75) is 9.79 Å². The molecule has 1 aliphatic rings. The highest BCUT2D eigenvalue weighted by molar-refractivity contribution is 7.93. The maximum atomic E-state index is 13.1. The van der Waals surface area contributed by atoms with Crippen LogP contribution in [0.15, 0.2) is 63.8 Å². The smallest absolute Gasteiger partial charge is 0.263 e. The first-order valence-electron chi connectivity index (χ1n) is 11.0. The zero-order valence-corrected chi connectivity index (χ0v) is 22.8. The second-order valence-electron chi connectivity index (χ2n) is 7.99. The summed E-state index contributed by atoms with van der Waals surface area (Å²) in [5, 5.41) is 4.94. The lowest BCUT2D eigenvalue weighted by atomic mass is 10.3. The Hall–Kier alpha value is -2.75. The number of sulfonamides is 2. The van der Waals surface area contributed by atoms with Gasteiger partial charge in [-0.05, 0) is 42.5 Å². The SMILES string of the molecule is COc1ccc(Cl)cc1S(=O)(=O)N1CCN(CC(=O)Nc2ccc(S(=O)(=O)Nc3nccs3)cc2)CC1. The van der Waals surface area contributed by atoms with E-state index >= 15 is 0 Å². The second-order valence-corrected chi connectivity index (χ2v) is 12.9. The molecule has 4 rings (SSSR count). The van der Waals surface area contributed by atoms with Crippen molar-refractivity contribution in [3.05, 3.63) is 59.1 Å². The largest absolute Gasteiger partial charge is 0.495 e. The first-order chi connectivity index (χ1) is 17.6. The van der Waals surface area contributed by atoms with Crippen molar-refractivity contribution in [2.75, 3.05) is 49.9 Å². The maximum absolute atomic E-state index is 13.1. The van der Waals surface area contributed by atoms with E-state index in [2.05, 4.69) is 15.0 Å². The van der Waals surface area contributed by atoms with Crippen LogP contribution in [0.25, 0.3) is 0 Å². The number of thiazole rings is 1. The molecule has 198 valence electrons. The van der Waals surface area contributed by atoms with E-state index in [-0.39, 0.29) is 51.2 Å². The van der Waals surface area contributed by atoms with Crippen LogP contribution in [-0.2, 0) is 24.8 Å². The lowest BCUT2D eigenvalue weighted by Crippen LogP contribution is -2.50. The van der Waals surface area contributed by atoms with Gasteiger partial charge in [-0.25, -0.2) is 21.8 Å². The van der Waals surface area contributed by atoms with Gasteiger partial charge in [0.1, 0.15) is 10.6 Å². The number of anilines is 2. The van der Waals surface area contributed by atoms with Gasteiger partial charge in [0, 0.05) is 48.5 Å². The van der Waals surface area contributed by atoms with E-state index in [9.17, 15) is 21.6 Å². The molecule has 15 heteroatoms. The number of amides is 1. The van der Waals surface area contributed by atoms with Crippen LogP contribution in [0.5, 0.6) is 5.75 Å². The van der Waals surface area contributed by atoms with Gasteiger partial charge >= 0.3 is 0 Å². The van der Waals surface area contributed by atoms with Crippen LogP contribution >= 0.6 is 22.9 Å². The van der Waals surface area contributed by atoms with Gasteiger partial charge < -0.3 is 10.1 Å². The molecule has 0 bridgehead atoms. The van der Waals surface area contributed by atoms with Crippen LogP contribution in [0.2, 0.25) is 5.02 Å². The maximum Gasteiger partial charge on any atom is 0.263 e. The predicted octanol–water partition coefficient (Wildman–Crippen LogP) is 2.55. The first-order valence-corrected chi connectivity index (χ1v) is 15.1. The average molecular weight is 586 g/mol. The third-order valence-electron chi connectivity index (χ3n) is 5.54. The van der Waals surface area contributed by atoms with E-state index in [1.165, 1.54) is 54.0 Å². The molecule has 1 aromatic heterocycles. The van der Waals surface area contributed by atoms with E-state index in [4.69, 9.17) is 16.3 Å². The van der Waals surface area contributed by atoms with Gasteiger partial charge in [-0.3, -0.25) is 14.4 Å². The Balaban J connectivity index is 1.31. The van der Waals surface area contributed by atoms with Gasteiger partial charge in [-0.15, -0.1) is 11.3 Å². The summed E-state index contributed by atoms with van der Waals surface area (Å²) in [5.41, 5.74) is 0.437. The molecule has 3 aromatic rings. The van der Waals surface area contributed by atoms with Gasteiger partial charge in [0.25, 0.3) is 10.0 Å². The molecular formula is C22H24ClN5O6S3. The van der Waals surface area contributed by atoms with Crippen molar-refractivity contribution >= 4 is 59.7 Å². The topological polar surface area (TPSA) is 138 Å². The summed E-state index contributed by atoms with van der Waals surface area (Å²) in [4.78, 5) is 18.3. The molecule has 0 aliphatic carbocycles. The number of hydrogen-bond donors (Lipinski definition) is 2. The summed E-state index contributed by atoms with van der Waals surface area (Å²) in [6.07, 6.45) is 1.50. The van der Waals surface area contributed by atoms with Crippen LogP contribution in [0.3, 0.4) is 0 Å². The number of carbonyl (C=O) groups is 1. The minimum atomic E-state index is -3.82. The number of halogens is 1. The molecule has 11 nitrogen and oxygen atoms in total. The summed E-state index contributed by atoms with van der Waals surface area (Å²) in [6, 6.07) is 10.2. The molecule has 37 heavy (non-hydrogen) atoms. The zero-order valence-electron chi connectivity index (χ0n) is 19.6. The summed E-state index contributed by atoms with van der Waals surface area (Å²) in [7, 11) is -6.22. The number of aromatic nitrogens is 1. The van der Waals surface area contributed by atoms with Crippen molar-refractivity contribution in [3.63, 3.8) is 0 Å². The summed E-state index contributed by atoms with van der Waals surface area (Å²) in [6.45, 7) is 1.16. The highest BCUT2D eigenvalue weighted by Gasteiger charge is 2.31. The number of ether oxygens (including phenoxy) is 1. The standard InChI is InChI=1S/C22H24ClN5O6S3/c1-34-19-7-2-16(23)14-20(19)37(32,33)28-11-9-27(10-12-28)15-21(29)25-17-3-5-18(6-4-17)36(30,31)26-22-24-8-13-35-22/h2-8,13-14H,9-12,15H2,1H3,(H,24,26)(H,25,29). The van der Waals surface area contributed by atoms with Crippen molar-refractivity contribution < 1.29 is 26.4 Å². The molecule has 2 heterocycles. The second kappa shape index (κ2) is 11.3. The summed E-state index contributed by atoms with van der Waals surface area (Å²) < 4.78 is 60.0. The summed E-state index contributed by atoms with van der Waals surface area (Å²) >= 11 is 7.16. The zero-order chi connectivity index (χ0) is 26.6. The van der Waals surface area contributed by atoms with Gasteiger partial charge in [0.15, 0.2) is 5.13 Å². The quantitative estimate of drug-likeness (QED) is 0.391. The number of nitrogens with zero attached hydrogens (tertiary/aromatic N) is 3. The fourth-order valence-corrected chi connectivity index (χ4v) is 7.32. The fourth-order valence-electron chi connectivity index (χ4n) is 3.69. The van der Waals surface area contributed by atoms with Crippen molar-refractivity contribution in [3.8, 4) is 5.75 Å². The van der Waals surface area contributed by atoms with Gasteiger partial charge in [-0.1, -0.05) is 11.6 Å². The molecule has 0 atom stereocenters. The van der Waals surface area contributed by atoms with E-state index in [0.29, 0.717) is 18.8 Å². The van der Waals surface area contributed by atoms with Crippen LogP contribution in [0.1, 0.15) is 0 Å². The molecule has 1 aliphatic heterocycles. The molecule has 1 amide bonds. The van der Waals surface area contributed by atoms with E-state index in [1.54, 1.807) is 11.4 Å². The third-order valence-corrected chi connectivity index (χ3v) is 9.87. The molecule has 2 aromatic carbocycles. The van der Waals surface area contributed by atoms with Crippen molar-refractivity contribution in [1.29, 1.82) is 0 Å². The molecule has 1 fully saturated rings. The Morgan fingerprint density at radius 1 is 1.08 bits per heavy atom. The lowest BCUT2D eigenvalue weighted by molar-refractivity contribution is -0.117. The predicted molar refractivity (Wildman–Crippen MR) is 141 cm³/mol. The van der Waals surface area contributed by atoms with Crippen LogP contribution < -0.4 is 14.8 Å². The normalized spacial score (nSPS) is 15.3. The Bertz CT molecular complexity index is 1460. The number of benzene rings is 2. The Labute approximate surface area is 224 Å². The molecule has 0 spiro atoms. The minimum Gasteiger partial charge on any atom is -0.495 e. The Kier molecular flexibility index (Phi) is 8.36. The highest BCUT2D eigenvalue weighted by Crippen LogP contribution is 2.30. The lowest BCUT2D eigenvalue weighted by Gasteiger charge is -2.33. The average Bonchev–Trinajstić information content (AvgIpc) is 3.37. The van der Waals surface area contributed by atoms with Crippen molar-refractivity contribution in [1.82, 2.24) is 14.2 Å². The molecule has 0 radical (unpaired) electrons. The van der Waals surface area contributed by atoms with Crippen LogP contribution in [-0.4, -0.2) is 76.8 Å². The van der Waals surface area contributed by atoms with Crippen molar-refractivity contribution in [2.24, 2.45) is 0 Å². The number of nitrogens with one attached hydrogen (secondary N) is 2. The van der Waals surface area contributed by atoms with E-state index in [0.717, 1.165) is 11.3 Å². The van der Waals surface area contributed by atoms with Crippen LogP contribution in [0, 0.1) is 0 Å². The molecule has 0 unspecified atom stereocenters. The number of rotatable bonds is 9. The van der Waals surface area contributed by atoms with Gasteiger partial charge in [-0.2, -0.15) is 4.31 Å². The number of piperazine rings is 1. The fraction of sp³-hybridized carbons (Fsp3) is 0.273. The number of hydrogen-bond acceptors (Lipinski definition) is 9. The third kappa shape index (κ3) is 6.58. The highest BCUT2D eigenvalue weighted by atomic mass is 35.5. The molecular weight excluding hydrogens is 562 g/mol. The van der Waals surface area contributed by atoms with Gasteiger partial charge in [0.2, 0.25) is 15.9 Å². The van der Waals surface area contributed by atoms with Crippen LogP contribution in [0.4, 0.5) is 10.8 Å². The minimum absolute atomic E-state index is 0.000931. The van der Waals surface area contributed by atoms with E-state index in [1.807, 2.05) is 4.90 Å². The summed E-state index contributed by atoms with van der Waals surface area (Å²) in [5.74, 6) is -0.0895. The molecule has 0 saturated carbocycles. The van der Waals surface area contributed by atoms with Gasteiger partial charge in [0.05, 0.1) is 18.6 Å². The number of methoxy groups -OCH3 is 1. The van der Waals surface area contributed by atoms with E-state index < -0.39 is 20.0 Å². The monoisotopic (exact) mass is 585 g/mol. The first kappa shape index (κ1) is 27.3. The molecule has 1 saturated heterocycles.